The predicted octanol–water partition coefficient (Wildman–Crippen LogP) is 1.67. The number of H-pyrrole nitrogens is 1. The molecule has 2 aliphatic heterocycles. The number of benzene rings is 1. The molecule has 0 spiro atoms. The number of nitrogens with zero attached hydrogens (tertiary/aromatic N) is 2. The molecule has 1 aromatic heterocycles. The highest BCUT2D eigenvalue weighted by molar-refractivity contribution is 5.94. The number of carbonyl (C=O) groups excluding carboxylic acids is 1. The van der Waals surface area contributed by atoms with Gasteiger partial charge in [-0.25, -0.2) is 0 Å². The van der Waals surface area contributed by atoms with E-state index in [1.165, 1.54) is 0 Å². The highest BCUT2D eigenvalue weighted by atomic mass is 16.5. The molecule has 6 nitrogen and oxygen atoms in total. The van der Waals surface area contributed by atoms with Crippen LogP contribution in [0.5, 0.6) is 0 Å². The molecule has 2 aromatic rings. The van der Waals surface area contributed by atoms with Gasteiger partial charge in [0.15, 0.2) is 0 Å². The predicted molar refractivity (Wildman–Crippen MR) is 90.7 cm³/mol. The molecule has 24 heavy (non-hydrogen) atoms. The lowest BCUT2D eigenvalue weighted by molar-refractivity contribution is -0.0390. The van der Waals surface area contributed by atoms with Gasteiger partial charge >= 0.3 is 0 Å². The molecule has 1 amide bonds. The molecule has 6 heteroatoms. The SMILES string of the molecule is C[C@H]1CN2C[C@H](NC(=O)c3ccc(-c4ccn[nH]4)cc3)C[C@H]2CO1. The fourth-order valence-electron chi connectivity index (χ4n) is 3.63. The van der Waals surface area contributed by atoms with Gasteiger partial charge in [0.2, 0.25) is 0 Å². The molecule has 1 aromatic carbocycles. The van der Waals surface area contributed by atoms with Gasteiger partial charge in [-0.3, -0.25) is 14.8 Å². The van der Waals surface area contributed by atoms with E-state index in [1.54, 1.807) is 6.20 Å². The Bertz CT molecular complexity index is 698. The number of ether oxygens (including phenoxy) is 1. The summed E-state index contributed by atoms with van der Waals surface area (Å²) in [5.41, 5.74) is 2.66. The average molecular weight is 326 g/mol. The Hall–Kier alpha value is -2.18. The average Bonchev–Trinajstić information content (AvgIpc) is 3.23. The van der Waals surface area contributed by atoms with Crippen molar-refractivity contribution in [1.29, 1.82) is 0 Å². The second-order valence-electron chi connectivity index (χ2n) is 6.71. The summed E-state index contributed by atoms with van der Waals surface area (Å²) in [5, 5.41) is 10.0. The zero-order chi connectivity index (χ0) is 16.5. The van der Waals surface area contributed by atoms with Crippen LogP contribution in [0.3, 0.4) is 0 Å². The lowest BCUT2D eigenvalue weighted by atomic mass is 10.1. The maximum Gasteiger partial charge on any atom is 0.251 e. The van der Waals surface area contributed by atoms with Crippen molar-refractivity contribution in [3.05, 3.63) is 42.1 Å². The van der Waals surface area contributed by atoms with Crippen molar-refractivity contribution in [3.63, 3.8) is 0 Å². The molecule has 2 fully saturated rings. The minimum absolute atomic E-state index is 0.00928. The standard InChI is InChI=1S/C18H22N4O2/c1-12-9-22-10-15(8-16(22)11-24-12)20-18(23)14-4-2-13(3-5-14)17-6-7-19-21-17/h2-7,12,15-16H,8-11H2,1H3,(H,19,21)(H,20,23)/t12-,15+,16-/m0/s1. The number of hydrogen-bond acceptors (Lipinski definition) is 4. The molecule has 0 unspecified atom stereocenters. The van der Waals surface area contributed by atoms with Crippen LogP contribution in [0, 0.1) is 0 Å². The van der Waals surface area contributed by atoms with Gasteiger partial charge in [-0.15, -0.1) is 0 Å². The summed E-state index contributed by atoms with van der Waals surface area (Å²) in [6.07, 6.45) is 2.96. The van der Waals surface area contributed by atoms with Crippen molar-refractivity contribution < 1.29 is 9.53 Å². The monoisotopic (exact) mass is 326 g/mol. The number of morpholine rings is 1. The van der Waals surface area contributed by atoms with Gasteiger partial charge < -0.3 is 10.1 Å². The molecule has 2 N–H and O–H groups in total. The number of nitrogens with one attached hydrogen (secondary N) is 2. The molecule has 3 atom stereocenters. The third-order valence-corrected chi connectivity index (χ3v) is 4.89. The van der Waals surface area contributed by atoms with Gasteiger partial charge in [-0.1, -0.05) is 12.1 Å². The fraction of sp³-hybridized carbons (Fsp3) is 0.444. The minimum Gasteiger partial charge on any atom is -0.376 e. The lowest BCUT2D eigenvalue weighted by Gasteiger charge is -2.33. The van der Waals surface area contributed by atoms with E-state index in [1.807, 2.05) is 30.3 Å². The van der Waals surface area contributed by atoms with E-state index in [-0.39, 0.29) is 18.1 Å². The first kappa shape index (κ1) is 15.4. The highest BCUT2D eigenvalue weighted by Gasteiger charge is 2.36. The summed E-state index contributed by atoms with van der Waals surface area (Å²) < 4.78 is 5.72. The Morgan fingerprint density at radius 2 is 2.12 bits per heavy atom. The summed E-state index contributed by atoms with van der Waals surface area (Å²) in [6, 6.07) is 10.1. The first-order valence-corrected chi connectivity index (χ1v) is 8.45. The van der Waals surface area contributed by atoms with Crippen LogP contribution in [0.4, 0.5) is 0 Å². The molecule has 0 bridgehead atoms. The van der Waals surface area contributed by atoms with Crippen molar-refractivity contribution in [1.82, 2.24) is 20.4 Å². The number of amides is 1. The van der Waals surface area contributed by atoms with Crippen LogP contribution in [0.1, 0.15) is 23.7 Å². The third kappa shape index (κ3) is 3.07. The maximum atomic E-state index is 12.5. The van der Waals surface area contributed by atoms with Gasteiger partial charge in [-0.2, -0.15) is 5.10 Å². The van der Waals surface area contributed by atoms with Crippen LogP contribution in [-0.2, 0) is 4.74 Å². The Kier molecular flexibility index (Phi) is 4.08. The van der Waals surface area contributed by atoms with Crippen LogP contribution in [-0.4, -0.2) is 58.9 Å². The first-order chi connectivity index (χ1) is 11.7. The van der Waals surface area contributed by atoms with Crippen molar-refractivity contribution >= 4 is 5.91 Å². The number of fused-ring (bicyclic) bond motifs is 1. The smallest absolute Gasteiger partial charge is 0.251 e. The van der Waals surface area contributed by atoms with E-state index in [0.29, 0.717) is 11.6 Å². The van der Waals surface area contributed by atoms with E-state index in [9.17, 15) is 4.79 Å². The van der Waals surface area contributed by atoms with E-state index >= 15 is 0 Å². The van der Waals surface area contributed by atoms with Crippen molar-refractivity contribution in [2.75, 3.05) is 19.7 Å². The summed E-state index contributed by atoms with van der Waals surface area (Å²) in [7, 11) is 0. The van der Waals surface area contributed by atoms with Crippen molar-refractivity contribution in [2.24, 2.45) is 0 Å². The number of aromatic amines is 1. The molecular weight excluding hydrogens is 304 g/mol. The molecule has 2 saturated heterocycles. The molecule has 3 heterocycles. The van der Waals surface area contributed by atoms with Crippen molar-refractivity contribution in [2.45, 2.75) is 31.5 Å². The number of carbonyl (C=O) groups is 1. The lowest BCUT2D eigenvalue weighted by Crippen LogP contribution is -2.45. The minimum atomic E-state index is -0.00928. The van der Waals surface area contributed by atoms with Gasteiger partial charge in [0, 0.05) is 36.9 Å². The fourth-order valence-corrected chi connectivity index (χ4v) is 3.63. The van der Waals surface area contributed by atoms with Crippen LogP contribution >= 0.6 is 0 Å². The number of aromatic nitrogens is 2. The molecule has 0 saturated carbocycles. The van der Waals surface area contributed by atoms with Gasteiger partial charge in [0.05, 0.1) is 18.4 Å². The Labute approximate surface area is 141 Å². The maximum absolute atomic E-state index is 12.5. The van der Waals surface area contributed by atoms with Crippen molar-refractivity contribution in [3.8, 4) is 11.3 Å². The number of hydrogen-bond donors (Lipinski definition) is 2. The van der Waals surface area contributed by atoms with E-state index in [0.717, 1.165) is 37.4 Å². The van der Waals surface area contributed by atoms with E-state index in [2.05, 4.69) is 27.3 Å². The molecule has 126 valence electrons. The summed E-state index contributed by atoms with van der Waals surface area (Å²) in [4.78, 5) is 14.9. The van der Waals surface area contributed by atoms with E-state index in [4.69, 9.17) is 4.74 Å². The van der Waals surface area contributed by atoms with Gasteiger partial charge in [0.25, 0.3) is 5.91 Å². The van der Waals surface area contributed by atoms with Crippen LogP contribution < -0.4 is 5.32 Å². The molecular formula is C18H22N4O2. The topological polar surface area (TPSA) is 70.2 Å². The molecule has 4 rings (SSSR count). The quantitative estimate of drug-likeness (QED) is 0.900. The Morgan fingerprint density at radius 3 is 2.88 bits per heavy atom. The van der Waals surface area contributed by atoms with Gasteiger partial charge in [-0.05, 0) is 37.1 Å². The summed E-state index contributed by atoms with van der Waals surface area (Å²) >= 11 is 0. The summed E-state index contributed by atoms with van der Waals surface area (Å²) in [6.45, 7) is 4.74. The highest BCUT2D eigenvalue weighted by Crippen LogP contribution is 2.23. The second-order valence-corrected chi connectivity index (χ2v) is 6.71. The third-order valence-electron chi connectivity index (χ3n) is 4.89. The summed E-state index contributed by atoms with van der Waals surface area (Å²) in [5.74, 6) is -0.00928. The zero-order valence-corrected chi connectivity index (χ0v) is 13.7. The Balaban J connectivity index is 1.38. The second kappa shape index (κ2) is 6.37. The molecule has 0 aliphatic carbocycles. The normalized spacial score (nSPS) is 27.0. The van der Waals surface area contributed by atoms with Crippen LogP contribution in [0.2, 0.25) is 0 Å². The number of rotatable bonds is 3. The largest absolute Gasteiger partial charge is 0.376 e. The Morgan fingerprint density at radius 1 is 1.29 bits per heavy atom. The van der Waals surface area contributed by atoms with E-state index < -0.39 is 0 Å². The molecule has 0 radical (unpaired) electrons. The van der Waals surface area contributed by atoms with Crippen LogP contribution in [0.15, 0.2) is 36.5 Å². The zero-order valence-electron chi connectivity index (χ0n) is 13.7. The molecule has 2 aliphatic rings. The first-order valence-electron chi connectivity index (χ1n) is 8.45. The van der Waals surface area contributed by atoms with Gasteiger partial charge in [0.1, 0.15) is 0 Å². The van der Waals surface area contributed by atoms with Crippen LogP contribution in [0.25, 0.3) is 11.3 Å².